The first kappa shape index (κ1) is 23.1. The summed E-state index contributed by atoms with van der Waals surface area (Å²) in [7, 11) is 3.15. The third-order valence-electron chi connectivity index (χ3n) is 6.39. The van der Waals surface area contributed by atoms with Crippen molar-refractivity contribution in [3.05, 3.63) is 59.7 Å². The molecule has 2 aliphatic heterocycles. The molecule has 2 N–H and O–H groups in total. The number of likely N-dealkylation sites (tertiary alicyclic amines) is 1. The molecule has 4 rings (SSSR count). The van der Waals surface area contributed by atoms with Crippen molar-refractivity contribution < 1.29 is 24.2 Å². The molecule has 2 heterocycles. The van der Waals surface area contributed by atoms with Gasteiger partial charge in [-0.25, -0.2) is 4.79 Å². The Morgan fingerprint density at radius 3 is 2.73 bits per heavy atom. The van der Waals surface area contributed by atoms with E-state index >= 15 is 0 Å². The summed E-state index contributed by atoms with van der Waals surface area (Å²) in [6, 6.07) is 15.2. The molecule has 0 radical (unpaired) electrons. The van der Waals surface area contributed by atoms with Crippen LogP contribution in [-0.2, 0) is 16.0 Å². The maximum atomic E-state index is 13.5. The highest BCUT2D eigenvalue weighted by molar-refractivity contribution is 5.85. The predicted molar refractivity (Wildman–Crippen MR) is 124 cm³/mol. The number of hydrogen-bond acceptors (Lipinski definition) is 6. The van der Waals surface area contributed by atoms with Gasteiger partial charge in [-0.3, -0.25) is 15.0 Å². The van der Waals surface area contributed by atoms with Gasteiger partial charge < -0.3 is 19.5 Å². The number of aliphatic hydroxyl groups is 1. The molecule has 1 fully saturated rings. The number of fused-ring (bicyclic) bond motifs is 1. The van der Waals surface area contributed by atoms with Crippen LogP contribution < -0.4 is 10.1 Å². The molecule has 3 atom stereocenters. The maximum Gasteiger partial charge on any atom is 0.411 e. The number of nitrogens with one attached hydrogen (secondary N) is 1. The minimum absolute atomic E-state index is 0.0639. The van der Waals surface area contributed by atoms with Crippen molar-refractivity contribution in [1.82, 2.24) is 9.80 Å². The van der Waals surface area contributed by atoms with Crippen LogP contribution in [-0.4, -0.2) is 72.9 Å². The molecular formula is C25H31N3O5. The van der Waals surface area contributed by atoms with Crippen molar-refractivity contribution in [2.75, 3.05) is 39.1 Å². The van der Waals surface area contributed by atoms with Gasteiger partial charge in [-0.2, -0.15) is 0 Å². The Morgan fingerprint density at radius 2 is 2.03 bits per heavy atom. The number of aliphatic hydroxyl groups excluding tert-OH is 1. The fourth-order valence-corrected chi connectivity index (χ4v) is 4.54. The quantitative estimate of drug-likeness (QED) is 0.699. The first-order valence-electron chi connectivity index (χ1n) is 11.3. The second-order valence-electron chi connectivity index (χ2n) is 8.66. The van der Waals surface area contributed by atoms with Crippen LogP contribution in [0.2, 0.25) is 0 Å². The van der Waals surface area contributed by atoms with E-state index in [0.29, 0.717) is 37.4 Å². The number of methoxy groups -OCH3 is 1. The lowest BCUT2D eigenvalue weighted by molar-refractivity contribution is -0.140. The van der Waals surface area contributed by atoms with Crippen LogP contribution >= 0.6 is 0 Å². The summed E-state index contributed by atoms with van der Waals surface area (Å²) in [6.45, 7) is 2.11. The number of carbonyl (C=O) groups is 2. The van der Waals surface area contributed by atoms with Gasteiger partial charge in [0, 0.05) is 32.4 Å². The van der Waals surface area contributed by atoms with Gasteiger partial charge in [-0.1, -0.05) is 30.3 Å². The third kappa shape index (κ3) is 5.46. The highest BCUT2D eigenvalue weighted by atomic mass is 16.5. The number of ether oxygens (including phenoxy) is 2. The normalized spacial score (nSPS) is 20.9. The van der Waals surface area contributed by atoms with Gasteiger partial charge in [-0.15, -0.1) is 0 Å². The van der Waals surface area contributed by atoms with Crippen LogP contribution in [0, 0.1) is 0 Å². The maximum absolute atomic E-state index is 13.5. The average molecular weight is 454 g/mol. The zero-order valence-electron chi connectivity index (χ0n) is 19.1. The number of hydrogen-bond donors (Lipinski definition) is 2. The number of likely N-dealkylation sites (N-methyl/N-ethyl adjacent to an activating group) is 1. The monoisotopic (exact) mass is 453 g/mol. The lowest BCUT2D eigenvalue weighted by atomic mass is 9.99. The number of carbonyl (C=O) groups excluding carboxylic acids is 2. The Balaban J connectivity index is 1.47. The lowest BCUT2D eigenvalue weighted by Gasteiger charge is -2.35. The van der Waals surface area contributed by atoms with E-state index in [-0.39, 0.29) is 18.1 Å². The van der Waals surface area contributed by atoms with Crippen molar-refractivity contribution in [2.45, 2.75) is 37.5 Å². The standard InChI is InChI=1S/C25H31N3O5/c1-27(21(17-6-4-3-5-7-17)16-28-13-12-20(29)15-28)24(30)23-10-8-18-14-19(26-25(31)32-2)9-11-22(18)33-23/h3-7,9,11,14,20-21,23,29H,8,10,12-13,15-16H2,1-2H3,(H,26,31)/t20-,21+,23-/m0/s1. The minimum Gasteiger partial charge on any atom is -0.480 e. The molecule has 2 aromatic carbocycles. The Labute approximate surface area is 194 Å². The number of rotatable bonds is 6. The largest absolute Gasteiger partial charge is 0.480 e. The smallest absolute Gasteiger partial charge is 0.411 e. The second-order valence-corrected chi connectivity index (χ2v) is 8.66. The number of benzene rings is 2. The molecule has 2 aromatic rings. The van der Waals surface area contributed by atoms with E-state index in [2.05, 4.69) is 15.0 Å². The summed E-state index contributed by atoms with van der Waals surface area (Å²) >= 11 is 0. The van der Waals surface area contributed by atoms with E-state index in [1.807, 2.05) is 43.4 Å². The van der Waals surface area contributed by atoms with Gasteiger partial charge in [0.1, 0.15) is 5.75 Å². The van der Waals surface area contributed by atoms with E-state index in [0.717, 1.165) is 24.1 Å². The lowest BCUT2D eigenvalue weighted by Crippen LogP contribution is -2.46. The molecular weight excluding hydrogens is 422 g/mol. The molecule has 33 heavy (non-hydrogen) atoms. The van der Waals surface area contributed by atoms with Crippen molar-refractivity contribution in [3.8, 4) is 5.75 Å². The van der Waals surface area contributed by atoms with Crippen LogP contribution in [0.5, 0.6) is 5.75 Å². The molecule has 2 amide bonds. The average Bonchev–Trinajstić information content (AvgIpc) is 3.26. The molecule has 0 bridgehead atoms. The molecule has 0 spiro atoms. The van der Waals surface area contributed by atoms with Gasteiger partial charge in [0.25, 0.3) is 5.91 Å². The van der Waals surface area contributed by atoms with Gasteiger partial charge in [0.15, 0.2) is 6.10 Å². The van der Waals surface area contributed by atoms with E-state index in [1.54, 1.807) is 17.0 Å². The van der Waals surface area contributed by atoms with Crippen LogP contribution in [0.3, 0.4) is 0 Å². The van der Waals surface area contributed by atoms with Gasteiger partial charge in [0.05, 0.1) is 19.3 Å². The van der Waals surface area contributed by atoms with Crippen LogP contribution in [0.1, 0.15) is 30.0 Å². The van der Waals surface area contributed by atoms with Crippen molar-refractivity contribution in [2.24, 2.45) is 0 Å². The van der Waals surface area contributed by atoms with Gasteiger partial charge >= 0.3 is 6.09 Å². The van der Waals surface area contributed by atoms with Crippen molar-refractivity contribution >= 4 is 17.7 Å². The molecule has 8 heteroatoms. The number of amides is 2. The highest BCUT2D eigenvalue weighted by Crippen LogP contribution is 2.32. The summed E-state index contributed by atoms with van der Waals surface area (Å²) < 4.78 is 10.7. The summed E-state index contributed by atoms with van der Waals surface area (Å²) in [5, 5.41) is 12.6. The predicted octanol–water partition coefficient (Wildman–Crippen LogP) is 2.82. The SMILES string of the molecule is COC(=O)Nc1ccc2c(c1)CC[C@@H](C(=O)N(C)[C@H](CN1CC[C@H](O)C1)c1ccccc1)O2. The first-order chi connectivity index (χ1) is 15.9. The fourth-order valence-electron chi connectivity index (χ4n) is 4.54. The van der Waals surface area contributed by atoms with Crippen molar-refractivity contribution in [3.63, 3.8) is 0 Å². The number of nitrogens with zero attached hydrogens (tertiary/aromatic N) is 2. The third-order valence-corrected chi connectivity index (χ3v) is 6.39. The van der Waals surface area contributed by atoms with Crippen LogP contribution in [0.15, 0.2) is 48.5 Å². The molecule has 0 saturated carbocycles. The zero-order chi connectivity index (χ0) is 23.4. The molecule has 1 saturated heterocycles. The summed E-state index contributed by atoms with van der Waals surface area (Å²) in [6.07, 6.45) is 0.580. The molecule has 0 unspecified atom stereocenters. The van der Waals surface area contributed by atoms with Crippen molar-refractivity contribution in [1.29, 1.82) is 0 Å². The zero-order valence-corrected chi connectivity index (χ0v) is 19.1. The highest BCUT2D eigenvalue weighted by Gasteiger charge is 2.34. The van der Waals surface area contributed by atoms with Crippen LogP contribution in [0.25, 0.3) is 0 Å². The molecule has 0 aliphatic carbocycles. The van der Waals surface area contributed by atoms with E-state index in [1.165, 1.54) is 7.11 Å². The Morgan fingerprint density at radius 1 is 1.24 bits per heavy atom. The van der Waals surface area contributed by atoms with Gasteiger partial charge in [0.2, 0.25) is 0 Å². The molecule has 0 aromatic heterocycles. The van der Waals surface area contributed by atoms with E-state index in [4.69, 9.17) is 4.74 Å². The topological polar surface area (TPSA) is 91.3 Å². The van der Waals surface area contributed by atoms with Crippen LogP contribution in [0.4, 0.5) is 10.5 Å². The van der Waals surface area contributed by atoms with Gasteiger partial charge in [-0.05, 0) is 48.6 Å². The molecule has 176 valence electrons. The summed E-state index contributed by atoms with van der Waals surface area (Å²) in [5.41, 5.74) is 2.63. The first-order valence-corrected chi connectivity index (χ1v) is 11.3. The summed E-state index contributed by atoms with van der Waals surface area (Å²) in [4.78, 5) is 28.9. The number of β-amino-alcohol motifs (C(OH)–C–C–N with tert-alkyl or cyclic N) is 1. The Hall–Kier alpha value is -3.10. The Kier molecular flexibility index (Phi) is 7.15. The Bertz CT molecular complexity index is 983. The molecule has 2 aliphatic rings. The van der Waals surface area contributed by atoms with E-state index in [9.17, 15) is 14.7 Å². The summed E-state index contributed by atoms with van der Waals surface area (Å²) in [5.74, 6) is 0.591. The number of anilines is 1. The fraction of sp³-hybridized carbons (Fsp3) is 0.440. The molecule has 8 nitrogen and oxygen atoms in total. The number of aryl methyl sites for hydroxylation is 1. The van der Waals surface area contributed by atoms with E-state index < -0.39 is 12.2 Å². The minimum atomic E-state index is -0.572. The second kappa shape index (κ2) is 10.2.